The van der Waals surface area contributed by atoms with Crippen LogP contribution in [0.15, 0.2) is 18.3 Å². The Morgan fingerprint density at radius 1 is 1.15 bits per heavy atom. The third kappa shape index (κ3) is 3.33. The van der Waals surface area contributed by atoms with Crippen molar-refractivity contribution < 1.29 is 26.3 Å². The summed E-state index contributed by atoms with van der Waals surface area (Å²) in [6.45, 7) is -0.0281. The van der Waals surface area contributed by atoms with E-state index < -0.39 is 24.0 Å². The van der Waals surface area contributed by atoms with Crippen molar-refractivity contribution in [1.29, 1.82) is 0 Å². The van der Waals surface area contributed by atoms with E-state index in [1.54, 1.807) is 0 Å². The summed E-state index contributed by atoms with van der Waals surface area (Å²) < 4.78 is 74.9. The van der Waals surface area contributed by atoms with Crippen LogP contribution < -0.4 is 10.2 Å². The highest BCUT2D eigenvalue weighted by Gasteiger charge is 2.42. The summed E-state index contributed by atoms with van der Waals surface area (Å²) in [6.07, 6.45) is -8.28. The smallest absolute Gasteiger partial charge is 0.353 e. The fourth-order valence-corrected chi connectivity index (χ4v) is 1.92. The second kappa shape index (κ2) is 5.12. The van der Waals surface area contributed by atoms with Gasteiger partial charge in [0.05, 0.1) is 5.56 Å². The number of hydrogen-bond acceptors (Lipinski definition) is 3. The van der Waals surface area contributed by atoms with Gasteiger partial charge in [0, 0.05) is 25.8 Å². The number of aromatic nitrogens is 1. The van der Waals surface area contributed by atoms with Crippen LogP contribution in [-0.2, 0) is 6.18 Å². The second-order valence-electron chi connectivity index (χ2n) is 4.40. The molecular formula is C11H11F6N3. The lowest BCUT2D eigenvalue weighted by Crippen LogP contribution is -2.57. The monoisotopic (exact) mass is 299 g/mol. The van der Waals surface area contributed by atoms with E-state index in [0.717, 1.165) is 12.1 Å². The molecule has 0 aliphatic carbocycles. The van der Waals surface area contributed by atoms with Crippen molar-refractivity contribution in [1.82, 2.24) is 10.3 Å². The molecular weight excluding hydrogens is 288 g/mol. The van der Waals surface area contributed by atoms with Crippen molar-refractivity contribution in [2.45, 2.75) is 18.4 Å². The number of nitrogens with one attached hydrogen (secondary N) is 1. The number of alkyl halides is 6. The number of hydrogen-bond donors (Lipinski definition) is 1. The van der Waals surface area contributed by atoms with Crippen molar-refractivity contribution >= 4 is 5.82 Å². The number of nitrogens with zero attached hydrogens (tertiary/aromatic N) is 2. The first kappa shape index (κ1) is 14.9. The SMILES string of the molecule is FC(F)(F)c1ccc(N2CCNC(C(F)(F)F)C2)nc1. The zero-order chi connectivity index (χ0) is 15.0. The maximum absolute atomic E-state index is 12.6. The maximum Gasteiger partial charge on any atom is 0.417 e. The van der Waals surface area contributed by atoms with Crippen molar-refractivity contribution in [2.24, 2.45) is 0 Å². The van der Waals surface area contributed by atoms with Gasteiger partial charge in [-0.05, 0) is 12.1 Å². The molecule has 0 bridgehead atoms. The molecule has 112 valence electrons. The number of halogens is 6. The summed E-state index contributed by atoms with van der Waals surface area (Å²) in [5, 5.41) is 2.32. The number of rotatable bonds is 1. The molecule has 9 heteroatoms. The number of anilines is 1. The largest absolute Gasteiger partial charge is 0.417 e. The zero-order valence-corrected chi connectivity index (χ0v) is 10.1. The molecule has 0 spiro atoms. The maximum atomic E-state index is 12.6. The predicted octanol–water partition coefficient (Wildman–Crippen LogP) is 2.44. The van der Waals surface area contributed by atoms with Crippen LogP contribution in [0.25, 0.3) is 0 Å². The molecule has 0 radical (unpaired) electrons. The molecule has 0 aromatic carbocycles. The van der Waals surface area contributed by atoms with Crippen LogP contribution in [0.5, 0.6) is 0 Å². The molecule has 20 heavy (non-hydrogen) atoms. The number of pyridine rings is 1. The Kier molecular flexibility index (Phi) is 3.81. The van der Waals surface area contributed by atoms with Gasteiger partial charge in [0.15, 0.2) is 0 Å². The third-order valence-electron chi connectivity index (χ3n) is 2.97. The molecule has 1 N–H and O–H groups in total. The van der Waals surface area contributed by atoms with E-state index >= 15 is 0 Å². The molecule has 1 unspecified atom stereocenters. The Balaban J connectivity index is 2.12. The van der Waals surface area contributed by atoms with E-state index in [2.05, 4.69) is 10.3 Å². The third-order valence-corrected chi connectivity index (χ3v) is 2.97. The first-order valence-electron chi connectivity index (χ1n) is 5.76. The molecule has 1 aromatic rings. The van der Waals surface area contributed by atoms with Crippen molar-refractivity contribution in [2.75, 3.05) is 24.5 Å². The van der Waals surface area contributed by atoms with Gasteiger partial charge < -0.3 is 10.2 Å². The molecule has 1 aromatic heterocycles. The van der Waals surface area contributed by atoms with E-state index in [4.69, 9.17) is 0 Å². The first-order chi connectivity index (χ1) is 9.18. The standard InChI is InChI=1S/C11H11F6N3/c12-10(13,14)7-1-2-9(19-5-7)20-4-3-18-8(6-20)11(15,16)17/h1-2,5,8,18H,3-4,6H2. The van der Waals surface area contributed by atoms with E-state index in [0.29, 0.717) is 6.20 Å². The summed E-state index contributed by atoms with van der Waals surface area (Å²) in [5.74, 6) is 0.105. The molecule has 3 nitrogen and oxygen atoms in total. The van der Waals surface area contributed by atoms with Gasteiger partial charge in [-0.25, -0.2) is 4.98 Å². The van der Waals surface area contributed by atoms with Crippen molar-refractivity contribution in [3.05, 3.63) is 23.9 Å². The van der Waals surface area contributed by atoms with Gasteiger partial charge >= 0.3 is 12.4 Å². The molecule has 0 saturated carbocycles. The van der Waals surface area contributed by atoms with Crippen LogP contribution >= 0.6 is 0 Å². The van der Waals surface area contributed by atoms with Crippen LogP contribution in [0.4, 0.5) is 32.2 Å². The minimum Gasteiger partial charge on any atom is -0.353 e. The quantitative estimate of drug-likeness (QED) is 0.807. The molecule has 1 aliphatic rings. The minimum absolute atomic E-state index is 0.0902. The minimum atomic E-state index is -4.51. The summed E-state index contributed by atoms with van der Waals surface area (Å²) in [5.41, 5.74) is -0.927. The van der Waals surface area contributed by atoms with Gasteiger partial charge in [0.1, 0.15) is 11.9 Å². The summed E-state index contributed by atoms with van der Waals surface area (Å²) >= 11 is 0. The van der Waals surface area contributed by atoms with Gasteiger partial charge in [-0.2, -0.15) is 26.3 Å². The molecule has 1 saturated heterocycles. The molecule has 2 heterocycles. The summed E-state index contributed by atoms with van der Waals surface area (Å²) in [4.78, 5) is 4.91. The van der Waals surface area contributed by atoms with Gasteiger partial charge in [0.25, 0.3) is 0 Å². The van der Waals surface area contributed by atoms with Crippen molar-refractivity contribution in [3.63, 3.8) is 0 Å². The van der Waals surface area contributed by atoms with Gasteiger partial charge in [-0.3, -0.25) is 0 Å². The normalized spacial score (nSPS) is 21.1. The van der Waals surface area contributed by atoms with E-state index in [9.17, 15) is 26.3 Å². The van der Waals surface area contributed by atoms with E-state index in [1.165, 1.54) is 4.90 Å². The lowest BCUT2D eigenvalue weighted by molar-refractivity contribution is -0.155. The molecule has 1 fully saturated rings. The number of piperazine rings is 1. The van der Waals surface area contributed by atoms with Gasteiger partial charge in [-0.15, -0.1) is 0 Å². The fraction of sp³-hybridized carbons (Fsp3) is 0.545. The Bertz CT molecular complexity index is 453. The van der Waals surface area contributed by atoms with Crippen molar-refractivity contribution in [3.8, 4) is 0 Å². The Labute approximate surface area is 110 Å². The Hall–Kier alpha value is -1.51. The average Bonchev–Trinajstić information content (AvgIpc) is 2.37. The van der Waals surface area contributed by atoms with Crippen LogP contribution in [0, 0.1) is 0 Å². The van der Waals surface area contributed by atoms with E-state index in [-0.39, 0.29) is 25.5 Å². The van der Waals surface area contributed by atoms with Gasteiger partial charge in [0.2, 0.25) is 0 Å². The Morgan fingerprint density at radius 2 is 1.85 bits per heavy atom. The molecule has 0 amide bonds. The molecule has 2 rings (SSSR count). The second-order valence-corrected chi connectivity index (χ2v) is 4.40. The lowest BCUT2D eigenvalue weighted by Gasteiger charge is -2.35. The van der Waals surface area contributed by atoms with Crippen LogP contribution in [-0.4, -0.2) is 36.8 Å². The summed E-state index contributed by atoms with van der Waals surface area (Å²) in [7, 11) is 0. The highest BCUT2D eigenvalue weighted by Crippen LogP contribution is 2.30. The molecule has 1 atom stereocenters. The zero-order valence-electron chi connectivity index (χ0n) is 10.1. The Morgan fingerprint density at radius 3 is 2.35 bits per heavy atom. The van der Waals surface area contributed by atoms with Crippen LogP contribution in [0.2, 0.25) is 0 Å². The first-order valence-corrected chi connectivity index (χ1v) is 5.76. The predicted molar refractivity (Wildman–Crippen MR) is 59.3 cm³/mol. The van der Waals surface area contributed by atoms with Crippen LogP contribution in [0.1, 0.15) is 5.56 Å². The van der Waals surface area contributed by atoms with E-state index in [1.807, 2.05) is 0 Å². The fourth-order valence-electron chi connectivity index (χ4n) is 1.92. The highest BCUT2D eigenvalue weighted by molar-refractivity contribution is 5.40. The topological polar surface area (TPSA) is 28.2 Å². The lowest BCUT2D eigenvalue weighted by atomic mass is 10.2. The average molecular weight is 299 g/mol. The highest BCUT2D eigenvalue weighted by atomic mass is 19.4. The molecule has 1 aliphatic heterocycles. The van der Waals surface area contributed by atoms with Gasteiger partial charge in [-0.1, -0.05) is 0 Å². The summed E-state index contributed by atoms with van der Waals surface area (Å²) in [6, 6.07) is 0.189. The van der Waals surface area contributed by atoms with Crippen LogP contribution in [0.3, 0.4) is 0 Å².